The van der Waals surface area contributed by atoms with E-state index in [2.05, 4.69) is 42.8 Å². The van der Waals surface area contributed by atoms with Crippen LogP contribution in [0.4, 0.5) is 0 Å². The standard InChI is InChI=1S/C13H18BrCl/c1-13(2,3)12(14)9-8-10-6-4-5-7-11(10)15/h4-7,12H,8-9H2,1-3H3. The van der Waals surface area contributed by atoms with E-state index >= 15 is 0 Å². The average Bonchev–Trinajstić information content (AvgIpc) is 2.14. The van der Waals surface area contributed by atoms with Crippen LogP contribution in [-0.2, 0) is 6.42 Å². The quantitative estimate of drug-likeness (QED) is 0.681. The van der Waals surface area contributed by atoms with Gasteiger partial charge in [0.05, 0.1) is 0 Å². The molecule has 0 radical (unpaired) electrons. The van der Waals surface area contributed by atoms with Crippen molar-refractivity contribution in [3.05, 3.63) is 34.9 Å². The number of rotatable bonds is 3. The summed E-state index contributed by atoms with van der Waals surface area (Å²) in [5.41, 5.74) is 1.55. The van der Waals surface area contributed by atoms with Gasteiger partial charge in [-0.05, 0) is 29.9 Å². The Morgan fingerprint density at radius 3 is 2.40 bits per heavy atom. The molecule has 0 saturated heterocycles. The molecule has 0 N–H and O–H groups in total. The van der Waals surface area contributed by atoms with Crippen LogP contribution < -0.4 is 0 Å². The first-order valence-electron chi connectivity index (χ1n) is 5.29. The van der Waals surface area contributed by atoms with Crippen LogP contribution >= 0.6 is 27.5 Å². The van der Waals surface area contributed by atoms with Crippen molar-refractivity contribution in [2.24, 2.45) is 5.41 Å². The summed E-state index contributed by atoms with van der Waals surface area (Å²) in [7, 11) is 0. The molecular weight excluding hydrogens is 272 g/mol. The third-order valence-corrected chi connectivity index (χ3v) is 4.76. The molecule has 1 aromatic carbocycles. The average molecular weight is 290 g/mol. The Morgan fingerprint density at radius 2 is 1.87 bits per heavy atom. The van der Waals surface area contributed by atoms with Crippen LogP contribution in [0.25, 0.3) is 0 Å². The third-order valence-electron chi connectivity index (χ3n) is 2.56. The van der Waals surface area contributed by atoms with Crippen LogP contribution in [0, 0.1) is 5.41 Å². The minimum absolute atomic E-state index is 0.307. The number of halogens is 2. The minimum Gasteiger partial charge on any atom is -0.0885 e. The van der Waals surface area contributed by atoms with E-state index in [1.165, 1.54) is 5.56 Å². The summed E-state index contributed by atoms with van der Waals surface area (Å²) in [6.07, 6.45) is 2.15. The molecule has 84 valence electrons. The van der Waals surface area contributed by atoms with Crippen molar-refractivity contribution in [1.82, 2.24) is 0 Å². The van der Waals surface area contributed by atoms with Crippen LogP contribution in [0.1, 0.15) is 32.8 Å². The molecule has 1 aromatic rings. The van der Waals surface area contributed by atoms with Crippen LogP contribution in [0.5, 0.6) is 0 Å². The van der Waals surface area contributed by atoms with Crippen molar-refractivity contribution >= 4 is 27.5 Å². The van der Waals surface area contributed by atoms with E-state index in [1.807, 2.05) is 18.2 Å². The Hall–Kier alpha value is -0.0100. The van der Waals surface area contributed by atoms with Crippen molar-refractivity contribution in [1.29, 1.82) is 0 Å². The molecular formula is C13H18BrCl. The Balaban J connectivity index is 2.55. The lowest BCUT2D eigenvalue weighted by molar-refractivity contribution is 0.386. The fourth-order valence-electron chi connectivity index (χ4n) is 1.42. The van der Waals surface area contributed by atoms with E-state index in [1.54, 1.807) is 0 Å². The topological polar surface area (TPSA) is 0 Å². The Morgan fingerprint density at radius 1 is 1.27 bits per heavy atom. The predicted molar refractivity (Wildman–Crippen MR) is 71.9 cm³/mol. The van der Waals surface area contributed by atoms with Gasteiger partial charge in [0.1, 0.15) is 0 Å². The van der Waals surface area contributed by atoms with Crippen LogP contribution in [0.3, 0.4) is 0 Å². The smallest absolute Gasteiger partial charge is 0.0437 e. The maximum absolute atomic E-state index is 6.11. The van der Waals surface area contributed by atoms with Crippen LogP contribution in [0.2, 0.25) is 5.02 Å². The van der Waals surface area contributed by atoms with Crippen molar-refractivity contribution in [2.75, 3.05) is 0 Å². The van der Waals surface area contributed by atoms with Gasteiger partial charge in [0, 0.05) is 9.85 Å². The monoisotopic (exact) mass is 288 g/mol. The summed E-state index contributed by atoms with van der Waals surface area (Å²) in [6, 6.07) is 8.07. The molecule has 0 saturated carbocycles. The lowest BCUT2D eigenvalue weighted by atomic mass is 9.89. The second-order valence-electron chi connectivity index (χ2n) is 4.96. The van der Waals surface area contributed by atoms with Crippen LogP contribution in [-0.4, -0.2) is 4.83 Å². The van der Waals surface area contributed by atoms with Gasteiger partial charge in [0.2, 0.25) is 0 Å². The number of benzene rings is 1. The first kappa shape index (κ1) is 13.1. The maximum Gasteiger partial charge on any atom is 0.0437 e. The van der Waals surface area contributed by atoms with Gasteiger partial charge < -0.3 is 0 Å². The first-order valence-corrected chi connectivity index (χ1v) is 6.58. The Bertz CT molecular complexity index is 315. The van der Waals surface area contributed by atoms with Gasteiger partial charge in [-0.15, -0.1) is 0 Å². The zero-order valence-electron chi connectivity index (χ0n) is 9.56. The molecule has 0 heterocycles. The van der Waals surface area contributed by atoms with Gasteiger partial charge in [-0.25, -0.2) is 0 Å². The highest BCUT2D eigenvalue weighted by molar-refractivity contribution is 9.09. The van der Waals surface area contributed by atoms with Gasteiger partial charge in [0.15, 0.2) is 0 Å². The molecule has 0 fully saturated rings. The number of alkyl halides is 1. The second-order valence-corrected chi connectivity index (χ2v) is 6.48. The Kier molecular flexibility index (Phi) is 4.66. The fourth-order valence-corrected chi connectivity index (χ4v) is 1.88. The normalized spacial score (nSPS) is 13.9. The SMILES string of the molecule is CC(C)(C)C(Br)CCc1ccccc1Cl. The highest BCUT2D eigenvalue weighted by Gasteiger charge is 2.21. The molecule has 15 heavy (non-hydrogen) atoms. The number of hydrogen-bond donors (Lipinski definition) is 0. The molecule has 0 bridgehead atoms. The largest absolute Gasteiger partial charge is 0.0885 e. The lowest BCUT2D eigenvalue weighted by Crippen LogP contribution is -2.20. The Labute approximate surface area is 106 Å². The highest BCUT2D eigenvalue weighted by Crippen LogP contribution is 2.30. The molecule has 0 nitrogen and oxygen atoms in total. The molecule has 0 amide bonds. The van der Waals surface area contributed by atoms with E-state index < -0.39 is 0 Å². The summed E-state index contributed by atoms with van der Waals surface area (Å²) >= 11 is 9.84. The second kappa shape index (κ2) is 5.36. The van der Waals surface area contributed by atoms with Crippen LogP contribution in [0.15, 0.2) is 24.3 Å². The molecule has 1 atom stereocenters. The molecule has 1 unspecified atom stereocenters. The van der Waals surface area contributed by atoms with Crippen molar-refractivity contribution in [3.63, 3.8) is 0 Å². The van der Waals surface area contributed by atoms with E-state index in [0.717, 1.165) is 17.9 Å². The third kappa shape index (κ3) is 4.16. The molecule has 0 aliphatic rings. The van der Waals surface area contributed by atoms with Crippen molar-refractivity contribution in [2.45, 2.75) is 38.4 Å². The van der Waals surface area contributed by atoms with E-state index in [4.69, 9.17) is 11.6 Å². The molecule has 0 spiro atoms. The summed E-state index contributed by atoms with van der Waals surface area (Å²) in [6.45, 7) is 6.75. The minimum atomic E-state index is 0.307. The van der Waals surface area contributed by atoms with Gasteiger partial charge >= 0.3 is 0 Å². The van der Waals surface area contributed by atoms with Gasteiger partial charge in [-0.3, -0.25) is 0 Å². The first-order chi connectivity index (χ1) is 6.91. The molecule has 1 rings (SSSR count). The zero-order valence-corrected chi connectivity index (χ0v) is 11.9. The van der Waals surface area contributed by atoms with E-state index in [-0.39, 0.29) is 0 Å². The fraction of sp³-hybridized carbons (Fsp3) is 0.538. The molecule has 2 heteroatoms. The molecule has 0 aromatic heterocycles. The molecule has 0 aliphatic heterocycles. The predicted octanol–water partition coefficient (Wildman–Crippen LogP) is 5.08. The summed E-state index contributed by atoms with van der Waals surface area (Å²) in [5, 5.41) is 0.881. The van der Waals surface area contributed by atoms with Gasteiger partial charge in [0.25, 0.3) is 0 Å². The molecule has 0 aliphatic carbocycles. The summed E-state index contributed by atoms with van der Waals surface area (Å²) in [4.78, 5) is 0.529. The van der Waals surface area contributed by atoms with Gasteiger partial charge in [-0.1, -0.05) is 66.5 Å². The highest BCUT2D eigenvalue weighted by atomic mass is 79.9. The van der Waals surface area contributed by atoms with E-state index in [0.29, 0.717) is 10.2 Å². The van der Waals surface area contributed by atoms with E-state index in [9.17, 15) is 0 Å². The van der Waals surface area contributed by atoms with Gasteiger partial charge in [-0.2, -0.15) is 0 Å². The summed E-state index contributed by atoms with van der Waals surface area (Å²) in [5.74, 6) is 0. The zero-order chi connectivity index (χ0) is 11.5. The van der Waals surface area contributed by atoms with Crippen molar-refractivity contribution in [3.8, 4) is 0 Å². The number of aryl methyl sites for hydroxylation is 1. The number of hydrogen-bond acceptors (Lipinski definition) is 0. The van der Waals surface area contributed by atoms with Crippen molar-refractivity contribution < 1.29 is 0 Å². The maximum atomic E-state index is 6.11. The lowest BCUT2D eigenvalue weighted by Gasteiger charge is -2.25. The summed E-state index contributed by atoms with van der Waals surface area (Å²) < 4.78 is 0.